The summed E-state index contributed by atoms with van der Waals surface area (Å²) in [5.74, 6) is 0.365. The molecular weight excluding hydrogens is 380 g/mol. The molecule has 0 saturated heterocycles. The van der Waals surface area contributed by atoms with Crippen LogP contribution in [0.2, 0.25) is 36.3 Å². The Hall–Kier alpha value is 0.0238. The van der Waals surface area contributed by atoms with E-state index in [2.05, 4.69) is 74.7 Å². The zero-order chi connectivity index (χ0) is 22.0. The molecule has 0 radical (unpaired) electrons. The molecule has 1 saturated carbocycles. The van der Waals surface area contributed by atoms with Gasteiger partial charge in [-0.3, -0.25) is 0 Å². The van der Waals surface area contributed by atoms with E-state index in [1.807, 2.05) is 0 Å². The van der Waals surface area contributed by atoms with Gasteiger partial charge in [0.15, 0.2) is 16.6 Å². The van der Waals surface area contributed by atoms with E-state index in [9.17, 15) is 4.79 Å². The smallest absolute Gasteiger partial charge is 0.192 e. The number of carbonyl (C=O) groups excluding carboxylic acids is 1. The summed E-state index contributed by atoms with van der Waals surface area (Å²) in [7, 11) is -3.67. The third-order valence-corrected chi connectivity index (χ3v) is 17.1. The molecule has 166 valence electrons. The molecule has 0 bridgehead atoms. The fraction of sp³-hybridized carbons (Fsp3) is 0.957. The quantitative estimate of drug-likeness (QED) is 0.303. The molecule has 0 unspecified atom stereocenters. The van der Waals surface area contributed by atoms with Gasteiger partial charge in [0, 0.05) is 18.9 Å². The Morgan fingerprint density at radius 2 is 1.54 bits per heavy atom. The Morgan fingerprint density at radius 3 is 2.00 bits per heavy atom. The first-order chi connectivity index (χ1) is 12.5. The lowest BCUT2D eigenvalue weighted by molar-refractivity contribution is -0.109. The fourth-order valence-corrected chi connectivity index (χ4v) is 6.18. The number of rotatable bonds is 8. The highest BCUT2D eigenvalue weighted by atomic mass is 28.4. The first kappa shape index (κ1) is 26.1. The molecule has 0 heterocycles. The van der Waals surface area contributed by atoms with E-state index in [1.165, 1.54) is 12.8 Å². The third-order valence-electron chi connectivity index (χ3n) is 8.10. The molecule has 28 heavy (non-hydrogen) atoms. The molecule has 1 rings (SSSR count). The number of hydrogen-bond donors (Lipinski definition) is 0. The van der Waals surface area contributed by atoms with Crippen molar-refractivity contribution < 1.29 is 13.6 Å². The molecule has 0 N–H and O–H groups in total. The summed E-state index contributed by atoms with van der Waals surface area (Å²) >= 11 is 0. The fourth-order valence-electron chi connectivity index (χ4n) is 3.76. The number of hydrogen-bond acceptors (Lipinski definition) is 3. The molecule has 0 aromatic heterocycles. The highest BCUT2D eigenvalue weighted by molar-refractivity contribution is 6.74. The molecule has 5 heteroatoms. The van der Waals surface area contributed by atoms with E-state index in [0.717, 1.165) is 25.7 Å². The molecule has 0 aromatic carbocycles. The second-order valence-electron chi connectivity index (χ2n) is 12.3. The van der Waals surface area contributed by atoms with E-state index in [-0.39, 0.29) is 21.6 Å². The number of carbonyl (C=O) groups is 1. The molecule has 1 aliphatic carbocycles. The van der Waals surface area contributed by atoms with Crippen LogP contribution in [0.25, 0.3) is 0 Å². The zero-order valence-electron chi connectivity index (χ0n) is 20.7. The monoisotopic (exact) mass is 428 g/mol. The second-order valence-corrected chi connectivity index (χ2v) is 21.9. The minimum atomic E-state index is -1.85. The maximum absolute atomic E-state index is 11.1. The molecule has 0 aliphatic heterocycles. The van der Waals surface area contributed by atoms with Crippen molar-refractivity contribution in [2.45, 2.75) is 123 Å². The molecule has 1 fully saturated rings. The van der Waals surface area contributed by atoms with E-state index in [1.54, 1.807) is 0 Å². The van der Waals surface area contributed by atoms with Gasteiger partial charge in [-0.15, -0.1) is 0 Å². The van der Waals surface area contributed by atoms with Gasteiger partial charge >= 0.3 is 0 Å². The first-order valence-electron chi connectivity index (χ1n) is 11.2. The topological polar surface area (TPSA) is 35.5 Å². The van der Waals surface area contributed by atoms with Gasteiger partial charge in [0.1, 0.15) is 6.29 Å². The van der Waals surface area contributed by atoms with Crippen molar-refractivity contribution in [2.75, 3.05) is 6.61 Å². The zero-order valence-corrected chi connectivity index (χ0v) is 22.7. The predicted molar refractivity (Wildman–Crippen MR) is 126 cm³/mol. The number of aldehydes is 1. The summed E-state index contributed by atoms with van der Waals surface area (Å²) in [6.07, 6.45) is 6.38. The van der Waals surface area contributed by atoms with Crippen LogP contribution in [0.3, 0.4) is 0 Å². The van der Waals surface area contributed by atoms with Gasteiger partial charge in [-0.05, 0) is 60.9 Å². The minimum absolute atomic E-state index is 0.120. The van der Waals surface area contributed by atoms with Crippen LogP contribution in [0.1, 0.15) is 80.6 Å². The highest BCUT2D eigenvalue weighted by Crippen LogP contribution is 2.49. The van der Waals surface area contributed by atoms with Crippen molar-refractivity contribution in [1.82, 2.24) is 0 Å². The lowest BCUT2D eigenvalue weighted by atomic mass is 9.64. The van der Waals surface area contributed by atoms with Gasteiger partial charge in [-0.1, -0.05) is 54.9 Å². The van der Waals surface area contributed by atoms with Gasteiger partial charge in [-0.25, -0.2) is 0 Å². The minimum Gasteiger partial charge on any atom is -0.416 e. The van der Waals surface area contributed by atoms with Crippen molar-refractivity contribution in [1.29, 1.82) is 0 Å². The van der Waals surface area contributed by atoms with Gasteiger partial charge in [0.25, 0.3) is 0 Å². The van der Waals surface area contributed by atoms with Crippen molar-refractivity contribution >= 4 is 22.9 Å². The van der Waals surface area contributed by atoms with Crippen molar-refractivity contribution in [2.24, 2.45) is 11.3 Å². The Morgan fingerprint density at radius 1 is 1.00 bits per heavy atom. The van der Waals surface area contributed by atoms with E-state index in [0.29, 0.717) is 12.3 Å². The van der Waals surface area contributed by atoms with Crippen LogP contribution < -0.4 is 0 Å². The van der Waals surface area contributed by atoms with Crippen LogP contribution in [0.5, 0.6) is 0 Å². The molecule has 0 spiro atoms. The van der Waals surface area contributed by atoms with E-state index < -0.39 is 16.6 Å². The van der Waals surface area contributed by atoms with Gasteiger partial charge in [0.2, 0.25) is 0 Å². The van der Waals surface area contributed by atoms with E-state index >= 15 is 0 Å². The average molecular weight is 429 g/mol. The SMILES string of the molecule is CC(C)(C)[Si](C)(C)OC[C@@H]1[C@H](O[Si](C)(C)C(C)(C)C)CCC[C@@]1(C)CCC=O. The summed E-state index contributed by atoms with van der Waals surface area (Å²) in [5.41, 5.74) is 0.120. The Balaban J connectivity index is 3.13. The first-order valence-corrected chi connectivity index (χ1v) is 17.0. The standard InChI is InChI=1S/C23H48O3Si2/c1-21(2,3)27(8,9)25-18-19-20(26-28(10,11)22(4,5)6)14-12-15-23(19,7)16-13-17-24/h17,19-20H,12-16,18H2,1-11H3/t19-,20-,23+/m1/s1. The Kier molecular flexibility index (Phi) is 8.40. The Bertz CT molecular complexity index is 517. The lowest BCUT2D eigenvalue weighted by Gasteiger charge is -2.51. The highest BCUT2D eigenvalue weighted by Gasteiger charge is 2.48. The largest absolute Gasteiger partial charge is 0.416 e. The maximum Gasteiger partial charge on any atom is 0.192 e. The van der Waals surface area contributed by atoms with Crippen molar-refractivity contribution in [3.05, 3.63) is 0 Å². The molecule has 0 amide bonds. The molecule has 1 aliphatic rings. The maximum atomic E-state index is 11.1. The summed E-state index contributed by atoms with van der Waals surface area (Å²) in [4.78, 5) is 11.1. The molecule has 0 aromatic rings. The Labute approximate surface area is 177 Å². The van der Waals surface area contributed by atoms with Gasteiger partial charge < -0.3 is 13.6 Å². The van der Waals surface area contributed by atoms with Gasteiger partial charge in [-0.2, -0.15) is 0 Å². The molecule has 3 nitrogen and oxygen atoms in total. The normalized spacial score (nSPS) is 27.7. The van der Waals surface area contributed by atoms with Crippen LogP contribution in [0.15, 0.2) is 0 Å². The summed E-state index contributed by atoms with van der Waals surface area (Å²) in [6, 6.07) is 0. The van der Waals surface area contributed by atoms with Gasteiger partial charge in [0.05, 0.1) is 6.10 Å². The van der Waals surface area contributed by atoms with Crippen LogP contribution in [-0.2, 0) is 13.6 Å². The third kappa shape index (κ3) is 6.26. The summed E-state index contributed by atoms with van der Waals surface area (Å²) < 4.78 is 13.7. The molecule has 3 atom stereocenters. The van der Waals surface area contributed by atoms with Crippen LogP contribution in [0.4, 0.5) is 0 Å². The average Bonchev–Trinajstić information content (AvgIpc) is 2.50. The van der Waals surface area contributed by atoms with Crippen LogP contribution in [0, 0.1) is 11.3 Å². The van der Waals surface area contributed by atoms with Crippen LogP contribution in [-0.4, -0.2) is 35.6 Å². The summed E-state index contributed by atoms with van der Waals surface area (Å²) in [6.45, 7) is 26.4. The molecular formula is C23H48O3Si2. The van der Waals surface area contributed by atoms with Crippen molar-refractivity contribution in [3.63, 3.8) is 0 Å². The van der Waals surface area contributed by atoms with E-state index in [4.69, 9.17) is 8.85 Å². The second kappa shape index (κ2) is 9.03. The predicted octanol–water partition coefficient (Wildman–Crippen LogP) is 7.18. The van der Waals surface area contributed by atoms with Crippen molar-refractivity contribution in [3.8, 4) is 0 Å². The van der Waals surface area contributed by atoms with Crippen LogP contribution >= 0.6 is 0 Å². The summed E-state index contributed by atoms with van der Waals surface area (Å²) in [5, 5.41) is 0.408. The lowest BCUT2D eigenvalue weighted by Crippen LogP contribution is -2.53.